The Morgan fingerprint density at radius 3 is 2.06 bits per heavy atom. The van der Waals surface area contributed by atoms with Gasteiger partial charge in [0.2, 0.25) is 0 Å². The molecule has 2 aromatic heterocycles. The number of nitrogens with zero attached hydrogens (tertiary/aromatic N) is 3. The number of carboxylic acids is 1. The number of hydrogen-bond acceptors (Lipinski definition) is 6. The highest BCUT2D eigenvalue weighted by molar-refractivity contribution is 5.96. The summed E-state index contributed by atoms with van der Waals surface area (Å²) in [4.78, 5) is 35.7. The number of aliphatic carboxylic acids is 1. The minimum absolute atomic E-state index is 0.240. The van der Waals surface area contributed by atoms with Crippen molar-refractivity contribution in [3.63, 3.8) is 0 Å². The van der Waals surface area contributed by atoms with Gasteiger partial charge in [-0.15, -0.1) is 0 Å². The van der Waals surface area contributed by atoms with E-state index in [1.807, 2.05) is 42.5 Å². The van der Waals surface area contributed by atoms with Crippen molar-refractivity contribution in [1.29, 1.82) is 0 Å². The van der Waals surface area contributed by atoms with Gasteiger partial charge in [-0.25, -0.2) is 9.97 Å². The van der Waals surface area contributed by atoms with E-state index in [0.717, 1.165) is 28.8 Å². The van der Waals surface area contributed by atoms with Gasteiger partial charge < -0.3 is 15.5 Å². The summed E-state index contributed by atoms with van der Waals surface area (Å²) in [6.07, 6.45) is 2.93. The molecule has 0 atom stereocenters. The number of benzene rings is 2. The summed E-state index contributed by atoms with van der Waals surface area (Å²) in [5.74, 6) is -1.96. The van der Waals surface area contributed by atoms with Crippen molar-refractivity contribution in [3.05, 3.63) is 107 Å². The summed E-state index contributed by atoms with van der Waals surface area (Å²) in [6.45, 7) is 0.997. The molecule has 0 aliphatic heterocycles. The zero-order valence-corrected chi connectivity index (χ0v) is 19.1. The highest BCUT2D eigenvalue weighted by Gasteiger charge is 2.18. The molecule has 0 aliphatic carbocycles. The third kappa shape index (κ3) is 6.05. The van der Waals surface area contributed by atoms with Crippen molar-refractivity contribution >= 4 is 11.9 Å². The summed E-state index contributed by atoms with van der Waals surface area (Å²) in [5.41, 5.74) is 5.31. The molecule has 4 aromatic rings. The molecule has 8 nitrogen and oxygen atoms in total. The average Bonchev–Trinajstić information content (AvgIpc) is 2.86. The largest absolute Gasteiger partial charge is 0.504 e. The number of hydrogen-bond donors (Lipinski definition) is 3. The van der Waals surface area contributed by atoms with Gasteiger partial charge in [-0.1, -0.05) is 54.6 Å². The van der Waals surface area contributed by atoms with Gasteiger partial charge in [-0.05, 0) is 41.3 Å². The number of rotatable bonds is 8. The van der Waals surface area contributed by atoms with E-state index < -0.39 is 18.4 Å². The number of amides is 1. The Bertz CT molecular complexity index is 1340. The first-order valence-corrected chi connectivity index (χ1v) is 11.0. The van der Waals surface area contributed by atoms with Gasteiger partial charge in [0.1, 0.15) is 12.4 Å². The van der Waals surface area contributed by atoms with E-state index in [4.69, 9.17) is 5.11 Å². The molecular weight excluding hydrogens is 444 g/mol. The predicted octanol–water partition coefficient (Wildman–Crippen LogP) is 3.55. The minimum Gasteiger partial charge on any atom is -0.504 e. The number of aromatic hydroxyl groups is 1. The van der Waals surface area contributed by atoms with E-state index in [1.54, 1.807) is 13.1 Å². The highest BCUT2D eigenvalue weighted by Crippen LogP contribution is 2.23. The molecule has 4 rings (SSSR count). The van der Waals surface area contributed by atoms with Gasteiger partial charge in [-0.2, -0.15) is 0 Å². The quantitative estimate of drug-likeness (QED) is 0.361. The summed E-state index contributed by atoms with van der Waals surface area (Å²) >= 11 is 0. The second-order valence-electron chi connectivity index (χ2n) is 8.07. The molecule has 8 heteroatoms. The van der Waals surface area contributed by atoms with Crippen LogP contribution in [-0.4, -0.2) is 43.6 Å². The number of carbonyl (C=O) groups is 2. The maximum atomic E-state index is 12.2. The molecule has 1 amide bonds. The van der Waals surface area contributed by atoms with Crippen molar-refractivity contribution in [2.45, 2.75) is 19.8 Å². The van der Waals surface area contributed by atoms with Gasteiger partial charge in [0.25, 0.3) is 5.91 Å². The third-order valence-electron chi connectivity index (χ3n) is 5.43. The number of aromatic nitrogens is 3. The smallest absolute Gasteiger partial charge is 0.322 e. The number of aryl methyl sites for hydroxylation is 1. The number of carbonyl (C=O) groups excluding carboxylic acids is 1. The van der Waals surface area contributed by atoms with Crippen molar-refractivity contribution in [2.24, 2.45) is 0 Å². The van der Waals surface area contributed by atoms with Gasteiger partial charge in [0.15, 0.2) is 11.4 Å². The number of nitrogens with one attached hydrogen (secondary N) is 1. The standard InChI is InChI=1S/C27H24N4O4/c1-17-26(34)25(27(35)29-16-24(32)33)31-23(30-17)15-19-7-11-21(12-8-19)20-9-5-18(6-10-20)14-22-4-2-3-13-28-22/h2-13,34H,14-16H2,1H3,(H,29,35)(H,32,33). The normalized spacial score (nSPS) is 10.7. The van der Waals surface area contributed by atoms with Gasteiger partial charge >= 0.3 is 5.97 Å². The Morgan fingerprint density at radius 2 is 1.49 bits per heavy atom. The van der Waals surface area contributed by atoms with Gasteiger partial charge in [-0.3, -0.25) is 14.6 Å². The summed E-state index contributed by atoms with van der Waals surface area (Å²) in [6, 6.07) is 22.2. The molecule has 0 fully saturated rings. The van der Waals surface area contributed by atoms with Crippen LogP contribution in [0.25, 0.3) is 11.1 Å². The molecule has 0 saturated carbocycles. The monoisotopic (exact) mass is 468 g/mol. The molecule has 35 heavy (non-hydrogen) atoms. The zero-order valence-electron chi connectivity index (χ0n) is 19.1. The van der Waals surface area contributed by atoms with Crippen LogP contribution in [0.2, 0.25) is 0 Å². The molecule has 0 aliphatic rings. The van der Waals surface area contributed by atoms with Crippen LogP contribution in [0.15, 0.2) is 72.9 Å². The van der Waals surface area contributed by atoms with Crippen LogP contribution in [-0.2, 0) is 17.6 Å². The molecule has 0 radical (unpaired) electrons. The van der Waals surface area contributed by atoms with Crippen LogP contribution in [0.1, 0.15) is 38.8 Å². The van der Waals surface area contributed by atoms with Crippen molar-refractivity contribution in [1.82, 2.24) is 20.3 Å². The maximum Gasteiger partial charge on any atom is 0.322 e. The number of pyridine rings is 1. The molecule has 0 saturated heterocycles. The minimum atomic E-state index is -1.19. The number of carboxylic acid groups (broad SMARTS) is 1. The summed E-state index contributed by atoms with van der Waals surface area (Å²) < 4.78 is 0. The molecule has 0 unspecified atom stereocenters. The zero-order chi connectivity index (χ0) is 24.8. The van der Waals surface area contributed by atoms with Crippen LogP contribution >= 0.6 is 0 Å². The van der Waals surface area contributed by atoms with Gasteiger partial charge in [0, 0.05) is 24.7 Å². The lowest BCUT2D eigenvalue weighted by molar-refractivity contribution is -0.135. The first-order chi connectivity index (χ1) is 16.9. The van der Waals surface area contributed by atoms with E-state index >= 15 is 0 Å². The average molecular weight is 469 g/mol. The molecule has 2 aromatic carbocycles. The second kappa shape index (κ2) is 10.6. The highest BCUT2D eigenvalue weighted by atomic mass is 16.4. The lowest BCUT2D eigenvalue weighted by Gasteiger charge is -2.10. The van der Waals surface area contributed by atoms with Crippen LogP contribution in [0.4, 0.5) is 0 Å². The molecule has 0 bridgehead atoms. The fraction of sp³-hybridized carbons (Fsp3) is 0.148. The van der Waals surface area contributed by atoms with Crippen LogP contribution in [0.3, 0.4) is 0 Å². The van der Waals surface area contributed by atoms with Crippen LogP contribution < -0.4 is 5.32 Å². The summed E-state index contributed by atoms with van der Waals surface area (Å²) in [7, 11) is 0. The van der Waals surface area contributed by atoms with Gasteiger partial charge in [0.05, 0.1) is 5.69 Å². The van der Waals surface area contributed by atoms with Crippen LogP contribution in [0.5, 0.6) is 5.75 Å². The lowest BCUT2D eigenvalue weighted by Crippen LogP contribution is -2.30. The Kier molecular flexibility index (Phi) is 7.11. The molecule has 2 heterocycles. The van der Waals surface area contributed by atoms with Crippen molar-refractivity contribution < 1.29 is 19.8 Å². The first kappa shape index (κ1) is 23.6. The molecule has 3 N–H and O–H groups in total. The van der Waals surface area contributed by atoms with E-state index in [9.17, 15) is 14.7 Å². The fourth-order valence-corrected chi connectivity index (χ4v) is 3.63. The lowest BCUT2D eigenvalue weighted by atomic mass is 10.00. The molecular formula is C27H24N4O4. The molecule has 0 spiro atoms. The Labute approximate surface area is 202 Å². The van der Waals surface area contributed by atoms with E-state index in [2.05, 4.69) is 44.5 Å². The van der Waals surface area contributed by atoms with Crippen molar-refractivity contribution in [3.8, 4) is 16.9 Å². The maximum absolute atomic E-state index is 12.2. The van der Waals surface area contributed by atoms with E-state index in [1.165, 1.54) is 5.56 Å². The van der Waals surface area contributed by atoms with Crippen molar-refractivity contribution in [2.75, 3.05) is 6.54 Å². The Balaban J connectivity index is 1.45. The van der Waals surface area contributed by atoms with E-state index in [0.29, 0.717) is 12.2 Å². The SMILES string of the molecule is Cc1nc(Cc2ccc(-c3ccc(Cc4ccccn4)cc3)cc2)nc(C(=O)NCC(=O)O)c1O. The second-order valence-corrected chi connectivity index (χ2v) is 8.07. The van der Waals surface area contributed by atoms with Crippen LogP contribution in [0, 0.1) is 6.92 Å². The Hall–Kier alpha value is -4.59. The predicted molar refractivity (Wildman–Crippen MR) is 130 cm³/mol. The topological polar surface area (TPSA) is 125 Å². The summed E-state index contributed by atoms with van der Waals surface area (Å²) in [5, 5.41) is 21.1. The van der Waals surface area contributed by atoms with E-state index in [-0.39, 0.29) is 17.1 Å². The Morgan fingerprint density at radius 1 is 0.857 bits per heavy atom. The molecule has 176 valence electrons. The first-order valence-electron chi connectivity index (χ1n) is 11.0. The third-order valence-corrected chi connectivity index (χ3v) is 5.43. The fourth-order valence-electron chi connectivity index (χ4n) is 3.63.